The van der Waals surface area contributed by atoms with E-state index in [0.29, 0.717) is 23.5 Å². The normalized spacial score (nSPS) is 9.83. The molecule has 3 rings (SSSR count). The van der Waals surface area contributed by atoms with E-state index in [1.807, 2.05) is 48.5 Å². The van der Waals surface area contributed by atoms with Gasteiger partial charge in [0.1, 0.15) is 6.07 Å². The highest BCUT2D eigenvalue weighted by atomic mass is 15.3. The number of hydrogen-bond acceptors (Lipinski definition) is 4. The Morgan fingerprint density at radius 1 is 1.00 bits per heavy atom. The summed E-state index contributed by atoms with van der Waals surface area (Å²) < 4.78 is 1.61. The summed E-state index contributed by atoms with van der Waals surface area (Å²) in [4.78, 5) is 0. The van der Waals surface area contributed by atoms with Crippen molar-refractivity contribution < 1.29 is 0 Å². The molecule has 1 aromatic heterocycles. The van der Waals surface area contributed by atoms with Gasteiger partial charge in [-0.2, -0.15) is 15.6 Å². The molecule has 0 amide bonds. The number of benzene rings is 2. The lowest BCUT2D eigenvalue weighted by molar-refractivity contribution is 0.866. The summed E-state index contributed by atoms with van der Waals surface area (Å²) in [5.41, 5.74) is 3.54. The van der Waals surface area contributed by atoms with Gasteiger partial charge in [0.2, 0.25) is 0 Å². The highest BCUT2D eigenvalue weighted by Gasteiger charge is 2.11. The van der Waals surface area contributed by atoms with Gasteiger partial charge < -0.3 is 5.32 Å². The predicted molar refractivity (Wildman–Crippen MR) is 86.8 cm³/mol. The molecule has 3 aromatic rings. The molecule has 0 fully saturated rings. The largest absolute Gasteiger partial charge is 0.377 e. The van der Waals surface area contributed by atoms with Crippen molar-refractivity contribution in [2.75, 3.05) is 5.32 Å². The standard InChI is InChI=1S/C18H13N5/c19-10-14-5-4-6-15(9-14)12-21-17-13-22-23(18(17)11-20)16-7-2-1-3-8-16/h1-9,13,21H,12H2. The van der Waals surface area contributed by atoms with Crippen LogP contribution in [0.25, 0.3) is 5.69 Å². The predicted octanol–water partition coefficient (Wildman–Crippen LogP) is 3.23. The van der Waals surface area contributed by atoms with Crippen LogP contribution in [0.2, 0.25) is 0 Å². The molecule has 0 saturated heterocycles. The fraction of sp³-hybridized carbons (Fsp3) is 0.0556. The van der Waals surface area contributed by atoms with E-state index in [2.05, 4.69) is 22.6 Å². The van der Waals surface area contributed by atoms with Gasteiger partial charge in [0.05, 0.1) is 29.2 Å². The van der Waals surface area contributed by atoms with Gasteiger partial charge in [-0.05, 0) is 29.8 Å². The average molecular weight is 299 g/mol. The Kier molecular flexibility index (Phi) is 4.04. The van der Waals surface area contributed by atoms with E-state index in [1.54, 1.807) is 16.9 Å². The maximum atomic E-state index is 9.43. The van der Waals surface area contributed by atoms with Gasteiger partial charge in [0.25, 0.3) is 0 Å². The van der Waals surface area contributed by atoms with Gasteiger partial charge in [-0.15, -0.1) is 0 Å². The summed E-state index contributed by atoms with van der Waals surface area (Å²) in [6.07, 6.45) is 1.64. The summed E-state index contributed by atoms with van der Waals surface area (Å²) >= 11 is 0. The number of nitrogens with one attached hydrogen (secondary N) is 1. The first-order valence-electron chi connectivity index (χ1n) is 7.08. The summed E-state index contributed by atoms with van der Waals surface area (Å²) in [5.74, 6) is 0. The molecule has 2 aromatic carbocycles. The van der Waals surface area contributed by atoms with Crippen LogP contribution in [0.3, 0.4) is 0 Å². The molecule has 110 valence electrons. The number of hydrogen-bond donors (Lipinski definition) is 1. The highest BCUT2D eigenvalue weighted by molar-refractivity contribution is 5.56. The van der Waals surface area contributed by atoms with Crippen molar-refractivity contribution in [3.8, 4) is 17.8 Å². The Morgan fingerprint density at radius 2 is 1.83 bits per heavy atom. The maximum Gasteiger partial charge on any atom is 0.167 e. The average Bonchev–Trinajstić information content (AvgIpc) is 3.04. The van der Waals surface area contributed by atoms with Gasteiger partial charge in [0.15, 0.2) is 5.69 Å². The fourth-order valence-corrected chi connectivity index (χ4v) is 2.30. The first kappa shape index (κ1) is 14.4. The SMILES string of the molecule is N#Cc1cccc(CNc2cnn(-c3ccccc3)c2C#N)c1. The fourth-order valence-electron chi connectivity index (χ4n) is 2.30. The molecule has 0 saturated carbocycles. The number of nitrogens with zero attached hydrogens (tertiary/aromatic N) is 4. The first-order chi connectivity index (χ1) is 11.3. The van der Waals surface area contributed by atoms with Crippen LogP contribution in [0, 0.1) is 22.7 Å². The van der Waals surface area contributed by atoms with Gasteiger partial charge in [-0.3, -0.25) is 0 Å². The van der Waals surface area contributed by atoms with Crippen LogP contribution >= 0.6 is 0 Å². The lowest BCUT2D eigenvalue weighted by Gasteiger charge is -2.06. The molecule has 5 nitrogen and oxygen atoms in total. The molecule has 0 aliphatic carbocycles. The van der Waals surface area contributed by atoms with Crippen LogP contribution in [0.4, 0.5) is 5.69 Å². The van der Waals surface area contributed by atoms with Gasteiger partial charge >= 0.3 is 0 Å². The van der Waals surface area contributed by atoms with Crippen molar-refractivity contribution in [3.05, 3.63) is 77.6 Å². The van der Waals surface area contributed by atoms with E-state index < -0.39 is 0 Å². The molecule has 1 N–H and O–H groups in total. The Hall–Kier alpha value is -3.57. The van der Waals surface area contributed by atoms with E-state index >= 15 is 0 Å². The second-order valence-corrected chi connectivity index (χ2v) is 4.93. The second-order valence-electron chi connectivity index (χ2n) is 4.93. The van der Waals surface area contributed by atoms with Gasteiger partial charge in [0, 0.05) is 6.54 Å². The third-order valence-corrected chi connectivity index (χ3v) is 3.41. The van der Waals surface area contributed by atoms with Gasteiger partial charge in [-0.25, -0.2) is 4.68 Å². The molecule has 0 aliphatic rings. The number of nitriles is 2. The van der Waals surface area contributed by atoms with E-state index in [1.165, 1.54) is 0 Å². The van der Waals surface area contributed by atoms with Crippen molar-refractivity contribution in [2.24, 2.45) is 0 Å². The quantitative estimate of drug-likeness (QED) is 0.802. The summed E-state index contributed by atoms with van der Waals surface area (Å²) in [7, 11) is 0. The molecule has 0 unspecified atom stereocenters. The minimum Gasteiger partial charge on any atom is -0.377 e. The lowest BCUT2D eigenvalue weighted by atomic mass is 10.1. The topological polar surface area (TPSA) is 77.4 Å². The van der Waals surface area contributed by atoms with E-state index in [9.17, 15) is 5.26 Å². The molecule has 0 bridgehead atoms. The minimum absolute atomic E-state index is 0.452. The molecular weight excluding hydrogens is 286 g/mol. The zero-order chi connectivity index (χ0) is 16.1. The molecule has 1 heterocycles. The molecular formula is C18H13N5. The van der Waals surface area contributed by atoms with Gasteiger partial charge in [-0.1, -0.05) is 30.3 Å². The summed E-state index contributed by atoms with van der Waals surface area (Å²) in [6, 6.07) is 21.2. The van der Waals surface area contributed by atoms with E-state index in [4.69, 9.17) is 5.26 Å². The zero-order valence-electron chi connectivity index (χ0n) is 12.3. The number of para-hydroxylation sites is 1. The first-order valence-corrected chi connectivity index (χ1v) is 7.08. The Labute approximate surface area is 134 Å². The molecule has 0 aliphatic heterocycles. The van der Waals surface area contributed by atoms with Crippen molar-refractivity contribution in [1.82, 2.24) is 9.78 Å². The number of aromatic nitrogens is 2. The summed E-state index contributed by atoms with van der Waals surface area (Å²) in [6.45, 7) is 0.519. The Bertz CT molecular complexity index is 897. The van der Waals surface area contributed by atoms with Crippen LogP contribution in [0.15, 0.2) is 60.8 Å². The van der Waals surface area contributed by atoms with Crippen LogP contribution in [0.1, 0.15) is 16.8 Å². The highest BCUT2D eigenvalue weighted by Crippen LogP contribution is 2.19. The molecule has 0 radical (unpaired) electrons. The molecule has 0 spiro atoms. The Morgan fingerprint density at radius 3 is 2.57 bits per heavy atom. The maximum absolute atomic E-state index is 9.43. The van der Waals surface area contributed by atoms with Crippen molar-refractivity contribution in [3.63, 3.8) is 0 Å². The Balaban J connectivity index is 1.83. The smallest absolute Gasteiger partial charge is 0.167 e. The van der Waals surface area contributed by atoms with E-state index in [-0.39, 0.29) is 0 Å². The second kappa shape index (κ2) is 6.46. The van der Waals surface area contributed by atoms with Crippen molar-refractivity contribution in [2.45, 2.75) is 6.54 Å². The lowest BCUT2D eigenvalue weighted by Crippen LogP contribution is -2.03. The third-order valence-electron chi connectivity index (χ3n) is 3.41. The van der Waals surface area contributed by atoms with Crippen LogP contribution < -0.4 is 5.32 Å². The monoisotopic (exact) mass is 299 g/mol. The van der Waals surface area contributed by atoms with E-state index in [0.717, 1.165) is 11.3 Å². The summed E-state index contributed by atoms with van der Waals surface area (Å²) in [5, 5.41) is 25.9. The number of anilines is 1. The molecule has 5 heteroatoms. The van der Waals surface area contributed by atoms with Crippen LogP contribution in [-0.2, 0) is 6.54 Å². The van der Waals surface area contributed by atoms with Crippen LogP contribution in [0.5, 0.6) is 0 Å². The third kappa shape index (κ3) is 3.04. The van der Waals surface area contributed by atoms with Crippen LogP contribution in [-0.4, -0.2) is 9.78 Å². The minimum atomic E-state index is 0.452. The zero-order valence-corrected chi connectivity index (χ0v) is 12.3. The molecule has 0 atom stereocenters. The number of rotatable bonds is 4. The molecule has 23 heavy (non-hydrogen) atoms. The van der Waals surface area contributed by atoms with Crippen molar-refractivity contribution >= 4 is 5.69 Å². The van der Waals surface area contributed by atoms with Crippen molar-refractivity contribution in [1.29, 1.82) is 10.5 Å².